The molecule has 0 bridgehead atoms. The molecule has 0 unspecified atom stereocenters. The smallest absolute Gasteiger partial charge is 0.228 e. The van der Waals surface area contributed by atoms with Gasteiger partial charge in [-0.15, -0.1) is 0 Å². The summed E-state index contributed by atoms with van der Waals surface area (Å²) in [5.41, 5.74) is 4.05. The van der Waals surface area contributed by atoms with E-state index in [1.165, 1.54) is 5.56 Å². The minimum absolute atomic E-state index is 0.0242. The highest BCUT2D eigenvalue weighted by Gasteiger charge is 2.18. The molecule has 0 fully saturated rings. The van der Waals surface area contributed by atoms with Gasteiger partial charge < -0.3 is 5.32 Å². The van der Waals surface area contributed by atoms with Gasteiger partial charge >= 0.3 is 0 Å². The SMILES string of the molecule is C[C@H](CC(=O)Cc1ccc2c(c1)CC(=O)N2)c1ccccc1. The third kappa shape index (κ3) is 3.25. The number of ketones is 1. The Bertz CT molecular complexity index is 707. The van der Waals surface area contributed by atoms with Crippen molar-refractivity contribution in [2.75, 3.05) is 5.32 Å². The van der Waals surface area contributed by atoms with E-state index < -0.39 is 0 Å². The molecule has 0 saturated heterocycles. The van der Waals surface area contributed by atoms with Gasteiger partial charge in [0.05, 0.1) is 6.42 Å². The van der Waals surface area contributed by atoms with E-state index in [-0.39, 0.29) is 17.6 Å². The van der Waals surface area contributed by atoms with E-state index in [9.17, 15) is 9.59 Å². The van der Waals surface area contributed by atoms with Crippen LogP contribution in [0, 0.1) is 0 Å². The molecule has 1 N–H and O–H groups in total. The van der Waals surface area contributed by atoms with Gasteiger partial charge in [-0.1, -0.05) is 49.4 Å². The summed E-state index contributed by atoms with van der Waals surface area (Å²) in [4.78, 5) is 23.6. The van der Waals surface area contributed by atoms with Crippen LogP contribution in [0.2, 0.25) is 0 Å². The maximum atomic E-state index is 12.3. The molecular formula is C19H19NO2. The van der Waals surface area contributed by atoms with E-state index in [1.807, 2.05) is 36.4 Å². The highest BCUT2D eigenvalue weighted by molar-refractivity contribution is 5.99. The molecule has 2 aromatic carbocycles. The van der Waals surface area contributed by atoms with Crippen molar-refractivity contribution in [1.82, 2.24) is 0 Å². The van der Waals surface area contributed by atoms with Gasteiger partial charge in [-0.2, -0.15) is 0 Å². The van der Waals surface area contributed by atoms with Crippen molar-refractivity contribution in [3.05, 3.63) is 65.2 Å². The molecule has 2 aromatic rings. The second kappa shape index (κ2) is 6.14. The number of carbonyl (C=O) groups is 2. The maximum Gasteiger partial charge on any atom is 0.228 e. The second-order valence-corrected chi connectivity index (χ2v) is 5.95. The number of Topliss-reactive ketones (excluding diaryl/α,β-unsaturated/α-hetero) is 1. The molecule has 0 spiro atoms. The summed E-state index contributed by atoms with van der Waals surface area (Å²) < 4.78 is 0. The summed E-state index contributed by atoms with van der Waals surface area (Å²) in [6, 6.07) is 15.9. The molecule has 0 radical (unpaired) electrons. The number of nitrogens with one attached hydrogen (secondary N) is 1. The average Bonchev–Trinajstić information content (AvgIpc) is 2.87. The Morgan fingerprint density at radius 1 is 1.18 bits per heavy atom. The number of amides is 1. The van der Waals surface area contributed by atoms with Crippen molar-refractivity contribution in [1.29, 1.82) is 0 Å². The van der Waals surface area contributed by atoms with Crippen LogP contribution in [0.1, 0.15) is 36.0 Å². The summed E-state index contributed by atoms with van der Waals surface area (Å²) in [5, 5.41) is 2.81. The van der Waals surface area contributed by atoms with Gasteiger partial charge in [0.25, 0.3) is 0 Å². The van der Waals surface area contributed by atoms with E-state index in [1.54, 1.807) is 0 Å². The number of benzene rings is 2. The first-order valence-electron chi connectivity index (χ1n) is 7.60. The standard InChI is InChI=1S/C19H19NO2/c1-13(15-5-3-2-4-6-15)9-17(21)11-14-7-8-18-16(10-14)12-19(22)20-18/h2-8,10,13H,9,11-12H2,1H3,(H,20,22)/t13-/m1/s1. The number of hydrogen-bond donors (Lipinski definition) is 1. The minimum atomic E-state index is 0.0242. The van der Waals surface area contributed by atoms with Crippen molar-refractivity contribution >= 4 is 17.4 Å². The van der Waals surface area contributed by atoms with Crippen molar-refractivity contribution in [3.8, 4) is 0 Å². The van der Waals surface area contributed by atoms with Gasteiger partial charge in [0.2, 0.25) is 5.91 Å². The molecule has 3 rings (SSSR count). The molecule has 112 valence electrons. The molecule has 1 amide bonds. The Hall–Kier alpha value is -2.42. The van der Waals surface area contributed by atoms with E-state index in [0.717, 1.165) is 16.8 Å². The van der Waals surface area contributed by atoms with Crippen LogP contribution in [0.3, 0.4) is 0 Å². The van der Waals surface area contributed by atoms with Crippen LogP contribution >= 0.6 is 0 Å². The summed E-state index contributed by atoms with van der Waals surface area (Å²) in [5.74, 6) is 0.483. The Balaban J connectivity index is 1.63. The van der Waals surface area contributed by atoms with Gasteiger partial charge in [-0.3, -0.25) is 9.59 Å². The molecule has 1 aliphatic rings. The molecule has 1 heterocycles. The summed E-state index contributed by atoms with van der Waals surface area (Å²) in [6.07, 6.45) is 1.38. The predicted molar refractivity (Wildman–Crippen MR) is 87.0 cm³/mol. The number of carbonyl (C=O) groups excluding carboxylic acids is 2. The second-order valence-electron chi connectivity index (χ2n) is 5.95. The molecule has 3 nitrogen and oxygen atoms in total. The zero-order valence-corrected chi connectivity index (χ0v) is 12.6. The Morgan fingerprint density at radius 2 is 1.95 bits per heavy atom. The summed E-state index contributed by atoms with van der Waals surface area (Å²) in [6.45, 7) is 2.08. The van der Waals surface area contributed by atoms with E-state index >= 15 is 0 Å². The topological polar surface area (TPSA) is 46.2 Å². The van der Waals surface area contributed by atoms with Gasteiger partial charge in [0.15, 0.2) is 0 Å². The highest BCUT2D eigenvalue weighted by atomic mass is 16.1. The molecule has 1 aliphatic heterocycles. The van der Waals surface area contributed by atoms with Crippen LogP contribution < -0.4 is 5.32 Å². The zero-order chi connectivity index (χ0) is 15.5. The Kier molecular flexibility index (Phi) is 4.05. The fourth-order valence-corrected chi connectivity index (χ4v) is 2.93. The molecule has 0 aromatic heterocycles. The van der Waals surface area contributed by atoms with Crippen molar-refractivity contribution in [2.45, 2.75) is 32.1 Å². The molecular weight excluding hydrogens is 274 g/mol. The molecule has 1 atom stereocenters. The van der Waals surface area contributed by atoms with Gasteiger partial charge in [0, 0.05) is 18.5 Å². The fourth-order valence-electron chi connectivity index (χ4n) is 2.93. The van der Waals surface area contributed by atoms with Gasteiger partial charge in [0.1, 0.15) is 5.78 Å². The molecule has 22 heavy (non-hydrogen) atoms. The minimum Gasteiger partial charge on any atom is -0.326 e. The summed E-state index contributed by atoms with van der Waals surface area (Å²) >= 11 is 0. The first-order chi connectivity index (χ1) is 10.6. The van der Waals surface area contributed by atoms with Crippen molar-refractivity contribution < 1.29 is 9.59 Å². The van der Waals surface area contributed by atoms with E-state index in [0.29, 0.717) is 19.3 Å². The van der Waals surface area contributed by atoms with Crippen LogP contribution in [0.25, 0.3) is 0 Å². The third-order valence-corrected chi connectivity index (χ3v) is 4.10. The highest BCUT2D eigenvalue weighted by Crippen LogP contribution is 2.25. The van der Waals surface area contributed by atoms with Crippen molar-refractivity contribution in [3.63, 3.8) is 0 Å². The largest absolute Gasteiger partial charge is 0.326 e. The monoisotopic (exact) mass is 293 g/mol. The first-order valence-corrected chi connectivity index (χ1v) is 7.60. The zero-order valence-electron chi connectivity index (χ0n) is 12.6. The molecule has 0 aliphatic carbocycles. The quantitative estimate of drug-likeness (QED) is 0.917. The van der Waals surface area contributed by atoms with Gasteiger partial charge in [-0.25, -0.2) is 0 Å². The van der Waals surface area contributed by atoms with E-state index in [4.69, 9.17) is 0 Å². The fraction of sp³-hybridized carbons (Fsp3) is 0.263. The normalized spacial score (nSPS) is 14.3. The summed E-state index contributed by atoms with van der Waals surface area (Å²) in [7, 11) is 0. The predicted octanol–water partition coefficient (Wildman–Crippen LogP) is 3.49. The van der Waals surface area contributed by atoms with Crippen LogP contribution in [0.5, 0.6) is 0 Å². The van der Waals surface area contributed by atoms with Crippen molar-refractivity contribution in [2.24, 2.45) is 0 Å². The van der Waals surface area contributed by atoms with Crippen LogP contribution in [-0.4, -0.2) is 11.7 Å². The van der Waals surface area contributed by atoms with E-state index in [2.05, 4.69) is 24.4 Å². The first kappa shape index (κ1) is 14.5. The average molecular weight is 293 g/mol. The van der Waals surface area contributed by atoms with Crippen LogP contribution in [0.15, 0.2) is 48.5 Å². The lowest BCUT2D eigenvalue weighted by atomic mass is 9.93. The number of fused-ring (bicyclic) bond motifs is 1. The molecule has 3 heteroatoms. The lowest BCUT2D eigenvalue weighted by molar-refractivity contribution is -0.118. The number of rotatable bonds is 5. The Labute approximate surface area is 130 Å². The van der Waals surface area contributed by atoms with Gasteiger partial charge in [-0.05, 0) is 28.7 Å². The maximum absolute atomic E-state index is 12.3. The number of hydrogen-bond acceptors (Lipinski definition) is 2. The Morgan fingerprint density at radius 3 is 2.73 bits per heavy atom. The lowest BCUT2D eigenvalue weighted by Gasteiger charge is -2.11. The lowest BCUT2D eigenvalue weighted by Crippen LogP contribution is -2.07. The number of anilines is 1. The van der Waals surface area contributed by atoms with Crippen LogP contribution in [-0.2, 0) is 22.4 Å². The third-order valence-electron chi connectivity index (χ3n) is 4.10. The van der Waals surface area contributed by atoms with Crippen LogP contribution in [0.4, 0.5) is 5.69 Å². The molecule has 0 saturated carbocycles.